The van der Waals surface area contributed by atoms with Crippen LogP contribution in [-0.4, -0.2) is 42.1 Å². The zero-order chi connectivity index (χ0) is 26.6. The van der Waals surface area contributed by atoms with Gasteiger partial charge < -0.3 is 14.6 Å². The SMILES string of the molecule is C[C@@H](OCc1ccn(Cc2ccc(OC(F)(F)F)cc2)n1)[C@](O)(Cn1cncn1)c1ccc(F)cc1F. The van der Waals surface area contributed by atoms with E-state index in [1.165, 1.54) is 41.6 Å². The third kappa shape index (κ3) is 6.68. The van der Waals surface area contributed by atoms with Crippen LogP contribution in [0.3, 0.4) is 0 Å². The van der Waals surface area contributed by atoms with Crippen LogP contribution in [-0.2, 0) is 30.0 Å². The van der Waals surface area contributed by atoms with Crippen LogP contribution < -0.4 is 4.74 Å². The summed E-state index contributed by atoms with van der Waals surface area (Å²) in [6.45, 7) is 1.56. The Morgan fingerprint density at radius 1 is 1.03 bits per heavy atom. The summed E-state index contributed by atoms with van der Waals surface area (Å²) in [5.41, 5.74) is -0.909. The fraction of sp³-hybridized carbons (Fsp3) is 0.292. The molecule has 0 aliphatic heterocycles. The minimum atomic E-state index is -4.76. The van der Waals surface area contributed by atoms with Crippen LogP contribution >= 0.6 is 0 Å². The summed E-state index contributed by atoms with van der Waals surface area (Å²) in [5.74, 6) is -2.05. The lowest BCUT2D eigenvalue weighted by molar-refractivity contribution is -0.274. The standard InChI is InChI=1S/C24H22F5N5O3/c1-16(23(35,13-34-15-30-14-31-34)21-7-4-18(25)10-22(21)26)36-12-19-8-9-33(32-19)11-17-2-5-20(6-3-17)37-24(27,28)29/h2-10,14-16,35H,11-13H2,1H3/t16-,23-/m1/s1. The molecule has 1 N–H and O–H groups in total. The van der Waals surface area contributed by atoms with E-state index >= 15 is 0 Å². The molecular formula is C24H22F5N5O3. The number of halogens is 5. The van der Waals surface area contributed by atoms with Crippen molar-refractivity contribution < 1.29 is 36.5 Å². The Hall–Kier alpha value is -3.84. The second kappa shape index (κ2) is 10.6. The summed E-state index contributed by atoms with van der Waals surface area (Å²) in [7, 11) is 0. The van der Waals surface area contributed by atoms with E-state index in [4.69, 9.17) is 4.74 Å². The summed E-state index contributed by atoms with van der Waals surface area (Å²) in [5, 5.41) is 19.8. The number of rotatable bonds is 10. The van der Waals surface area contributed by atoms with Crippen LogP contribution in [0.15, 0.2) is 67.4 Å². The van der Waals surface area contributed by atoms with Crippen molar-refractivity contribution in [3.8, 4) is 5.75 Å². The molecule has 2 aromatic heterocycles. The van der Waals surface area contributed by atoms with E-state index in [1.54, 1.807) is 23.9 Å². The van der Waals surface area contributed by atoms with Gasteiger partial charge in [-0.3, -0.25) is 4.68 Å². The predicted octanol–water partition coefficient (Wildman–Crippen LogP) is 4.19. The number of aromatic nitrogens is 5. The molecule has 0 spiro atoms. The number of ether oxygens (including phenoxy) is 2. The number of hydrogen-bond acceptors (Lipinski definition) is 6. The Kier molecular flexibility index (Phi) is 7.55. The van der Waals surface area contributed by atoms with Crippen LogP contribution in [0.1, 0.15) is 23.7 Å². The van der Waals surface area contributed by atoms with Crippen molar-refractivity contribution in [2.24, 2.45) is 0 Å². The van der Waals surface area contributed by atoms with Gasteiger partial charge in [0.2, 0.25) is 0 Å². The Balaban J connectivity index is 1.43. The fourth-order valence-corrected chi connectivity index (χ4v) is 3.74. The molecule has 0 saturated carbocycles. The van der Waals surface area contributed by atoms with E-state index in [0.29, 0.717) is 17.3 Å². The summed E-state index contributed by atoms with van der Waals surface area (Å²) in [4.78, 5) is 3.82. The van der Waals surface area contributed by atoms with E-state index in [-0.39, 0.29) is 31.0 Å². The lowest BCUT2D eigenvalue weighted by Crippen LogP contribution is -2.44. The smallest absolute Gasteiger partial charge is 0.406 e. The van der Waals surface area contributed by atoms with Crippen molar-refractivity contribution in [2.75, 3.05) is 0 Å². The first-order valence-electron chi connectivity index (χ1n) is 11.0. The van der Waals surface area contributed by atoms with Crippen molar-refractivity contribution in [1.29, 1.82) is 0 Å². The molecule has 2 heterocycles. The van der Waals surface area contributed by atoms with Crippen LogP contribution in [0, 0.1) is 11.6 Å². The van der Waals surface area contributed by atoms with Crippen LogP contribution in [0.25, 0.3) is 0 Å². The van der Waals surface area contributed by atoms with Crippen molar-refractivity contribution in [3.63, 3.8) is 0 Å². The molecule has 2 atom stereocenters. The maximum absolute atomic E-state index is 14.6. The minimum Gasteiger partial charge on any atom is -0.406 e. The van der Waals surface area contributed by atoms with Gasteiger partial charge in [-0.15, -0.1) is 13.2 Å². The van der Waals surface area contributed by atoms with Gasteiger partial charge in [-0.2, -0.15) is 10.2 Å². The van der Waals surface area contributed by atoms with Gasteiger partial charge in [0.15, 0.2) is 0 Å². The topological polar surface area (TPSA) is 87.2 Å². The van der Waals surface area contributed by atoms with Crippen LogP contribution in [0.2, 0.25) is 0 Å². The minimum absolute atomic E-state index is 0.0466. The van der Waals surface area contributed by atoms with Gasteiger partial charge in [0, 0.05) is 17.8 Å². The highest BCUT2D eigenvalue weighted by molar-refractivity contribution is 5.28. The lowest BCUT2D eigenvalue weighted by atomic mass is 9.88. The number of nitrogens with zero attached hydrogens (tertiary/aromatic N) is 5. The predicted molar refractivity (Wildman–Crippen MR) is 119 cm³/mol. The molecule has 0 unspecified atom stereocenters. The van der Waals surface area contributed by atoms with Gasteiger partial charge in [-0.25, -0.2) is 18.4 Å². The average Bonchev–Trinajstić information content (AvgIpc) is 3.49. The van der Waals surface area contributed by atoms with E-state index in [0.717, 1.165) is 12.1 Å². The van der Waals surface area contributed by atoms with Crippen LogP contribution in [0.4, 0.5) is 22.0 Å². The number of benzene rings is 2. The first kappa shape index (κ1) is 26.2. The zero-order valence-electron chi connectivity index (χ0n) is 19.4. The van der Waals surface area contributed by atoms with E-state index in [1.807, 2.05) is 0 Å². The molecule has 0 fully saturated rings. The molecule has 2 aromatic carbocycles. The number of alkyl halides is 3. The zero-order valence-corrected chi connectivity index (χ0v) is 19.4. The lowest BCUT2D eigenvalue weighted by Gasteiger charge is -2.34. The molecule has 37 heavy (non-hydrogen) atoms. The van der Waals surface area contributed by atoms with Gasteiger partial charge >= 0.3 is 6.36 Å². The van der Waals surface area contributed by atoms with Crippen molar-refractivity contribution in [1.82, 2.24) is 24.5 Å². The van der Waals surface area contributed by atoms with E-state index < -0.39 is 29.7 Å². The summed E-state index contributed by atoms with van der Waals surface area (Å²) >= 11 is 0. The first-order chi connectivity index (χ1) is 17.5. The highest BCUT2D eigenvalue weighted by atomic mass is 19.4. The maximum Gasteiger partial charge on any atom is 0.573 e. The molecule has 0 radical (unpaired) electrons. The van der Waals surface area contributed by atoms with E-state index in [2.05, 4.69) is 19.9 Å². The highest BCUT2D eigenvalue weighted by Gasteiger charge is 2.40. The van der Waals surface area contributed by atoms with Crippen LogP contribution in [0.5, 0.6) is 5.75 Å². The molecule has 8 nitrogen and oxygen atoms in total. The largest absolute Gasteiger partial charge is 0.573 e. The van der Waals surface area contributed by atoms with Gasteiger partial charge in [-0.1, -0.05) is 18.2 Å². The molecule has 0 amide bonds. The maximum atomic E-state index is 14.6. The second-order valence-electron chi connectivity index (χ2n) is 8.29. The number of aliphatic hydroxyl groups is 1. The average molecular weight is 523 g/mol. The first-order valence-corrected chi connectivity index (χ1v) is 11.0. The van der Waals surface area contributed by atoms with Crippen molar-refractivity contribution >= 4 is 0 Å². The van der Waals surface area contributed by atoms with Crippen molar-refractivity contribution in [2.45, 2.75) is 44.7 Å². The fourth-order valence-electron chi connectivity index (χ4n) is 3.74. The Labute approximate surface area is 207 Å². The van der Waals surface area contributed by atoms with Gasteiger partial charge in [0.1, 0.15) is 35.6 Å². The molecule has 13 heteroatoms. The highest BCUT2D eigenvalue weighted by Crippen LogP contribution is 2.32. The Morgan fingerprint density at radius 2 is 1.78 bits per heavy atom. The summed E-state index contributed by atoms with van der Waals surface area (Å²) in [6.07, 6.45) is -1.48. The van der Waals surface area contributed by atoms with Gasteiger partial charge in [-0.05, 0) is 36.8 Å². The second-order valence-corrected chi connectivity index (χ2v) is 8.29. The Bertz CT molecular complexity index is 1310. The van der Waals surface area contributed by atoms with Gasteiger partial charge in [0.05, 0.1) is 31.5 Å². The normalized spacial score (nSPS) is 14.4. The Morgan fingerprint density at radius 3 is 2.43 bits per heavy atom. The summed E-state index contributed by atoms with van der Waals surface area (Å²) < 4.78 is 77.6. The molecule has 4 rings (SSSR count). The molecule has 0 aliphatic carbocycles. The summed E-state index contributed by atoms with van der Waals surface area (Å²) in [6, 6.07) is 9.94. The molecule has 0 saturated heterocycles. The molecule has 4 aromatic rings. The monoisotopic (exact) mass is 523 g/mol. The third-order valence-corrected chi connectivity index (χ3v) is 5.62. The molecular weight excluding hydrogens is 501 g/mol. The van der Waals surface area contributed by atoms with Crippen molar-refractivity contribution in [3.05, 3.63) is 95.8 Å². The van der Waals surface area contributed by atoms with Gasteiger partial charge in [0.25, 0.3) is 0 Å². The quantitative estimate of drug-likeness (QED) is 0.314. The third-order valence-electron chi connectivity index (χ3n) is 5.62. The molecule has 0 bridgehead atoms. The number of hydrogen-bond donors (Lipinski definition) is 1. The molecule has 196 valence electrons. The van der Waals surface area contributed by atoms with E-state index in [9.17, 15) is 27.1 Å². The molecule has 0 aliphatic rings.